The Morgan fingerprint density at radius 3 is 2.30 bits per heavy atom. The number of amides is 2. The zero-order valence-electron chi connectivity index (χ0n) is 17.2. The standard InChI is InChI=1S/C21H19Cl2F3N2O5/c1-32-17-8-6-13(22)10-16(17)28-19(30)11-33-20(31)4-2-3-18(29)27-15-9-12(21(24,25)26)5-7-14(15)23/h5-10H,2-4,11H2,1H3,(H,27,29)(H,28,30). The summed E-state index contributed by atoms with van der Waals surface area (Å²) in [4.78, 5) is 35.7. The van der Waals surface area contributed by atoms with E-state index in [4.69, 9.17) is 32.7 Å². The molecule has 2 N–H and O–H groups in total. The van der Waals surface area contributed by atoms with Crippen molar-refractivity contribution in [2.24, 2.45) is 0 Å². The molecule has 0 unspecified atom stereocenters. The van der Waals surface area contributed by atoms with Gasteiger partial charge >= 0.3 is 12.1 Å². The second kappa shape index (κ2) is 11.8. The van der Waals surface area contributed by atoms with Crippen molar-refractivity contribution < 1.29 is 37.0 Å². The molecular weight excluding hydrogens is 488 g/mol. The van der Waals surface area contributed by atoms with Gasteiger partial charge in [-0.15, -0.1) is 0 Å². The quantitative estimate of drug-likeness (QED) is 0.449. The van der Waals surface area contributed by atoms with Gasteiger partial charge in [0.1, 0.15) is 5.75 Å². The van der Waals surface area contributed by atoms with Crippen LogP contribution in [-0.4, -0.2) is 31.5 Å². The van der Waals surface area contributed by atoms with Crippen molar-refractivity contribution >= 4 is 52.4 Å². The summed E-state index contributed by atoms with van der Waals surface area (Å²) >= 11 is 11.7. The molecule has 0 aliphatic heterocycles. The first-order valence-electron chi connectivity index (χ1n) is 9.45. The molecule has 0 aliphatic rings. The molecule has 2 rings (SSSR count). The van der Waals surface area contributed by atoms with Gasteiger partial charge in [0, 0.05) is 17.9 Å². The normalized spacial score (nSPS) is 11.0. The molecule has 0 heterocycles. The highest BCUT2D eigenvalue weighted by molar-refractivity contribution is 6.33. The molecule has 2 aromatic rings. The van der Waals surface area contributed by atoms with Crippen molar-refractivity contribution in [3.63, 3.8) is 0 Å². The molecule has 33 heavy (non-hydrogen) atoms. The summed E-state index contributed by atoms with van der Waals surface area (Å²) in [6.45, 7) is -0.569. The predicted octanol–water partition coefficient (Wildman–Crippen LogP) is 5.31. The van der Waals surface area contributed by atoms with Crippen LogP contribution in [0.15, 0.2) is 36.4 Å². The highest BCUT2D eigenvalue weighted by atomic mass is 35.5. The molecule has 0 saturated heterocycles. The zero-order chi connectivity index (χ0) is 24.6. The van der Waals surface area contributed by atoms with E-state index in [1.807, 2.05) is 0 Å². The van der Waals surface area contributed by atoms with E-state index < -0.39 is 36.1 Å². The van der Waals surface area contributed by atoms with Gasteiger partial charge in [-0.25, -0.2) is 0 Å². The van der Waals surface area contributed by atoms with E-state index in [2.05, 4.69) is 10.6 Å². The topological polar surface area (TPSA) is 93.7 Å². The van der Waals surface area contributed by atoms with Crippen LogP contribution in [0.4, 0.5) is 24.5 Å². The number of nitrogens with one attached hydrogen (secondary N) is 2. The van der Waals surface area contributed by atoms with Gasteiger partial charge in [-0.05, 0) is 42.8 Å². The minimum absolute atomic E-state index is 0.0466. The van der Waals surface area contributed by atoms with Crippen LogP contribution in [0.1, 0.15) is 24.8 Å². The van der Waals surface area contributed by atoms with Gasteiger partial charge < -0.3 is 20.1 Å². The number of halogens is 5. The van der Waals surface area contributed by atoms with Crippen LogP contribution in [0.25, 0.3) is 0 Å². The third-order valence-electron chi connectivity index (χ3n) is 4.15. The molecule has 7 nitrogen and oxygen atoms in total. The Hall–Kier alpha value is -2.98. The van der Waals surface area contributed by atoms with E-state index in [0.717, 1.165) is 18.2 Å². The maximum Gasteiger partial charge on any atom is 0.416 e. The lowest BCUT2D eigenvalue weighted by Crippen LogP contribution is -2.21. The van der Waals surface area contributed by atoms with Gasteiger partial charge in [0.15, 0.2) is 6.61 Å². The third kappa shape index (κ3) is 8.47. The Kier molecular flexibility index (Phi) is 9.36. The Balaban J connectivity index is 1.75. The first kappa shape index (κ1) is 26.3. The lowest BCUT2D eigenvalue weighted by molar-refractivity contribution is -0.147. The number of hydrogen-bond acceptors (Lipinski definition) is 5. The van der Waals surface area contributed by atoms with E-state index in [1.54, 1.807) is 12.1 Å². The van der Waals surface area contributed by atoms with E-state index in [0.29, 0.717) is 16.5 Å². The van der Waals surface area contributed by atoms with Crippen LogP contribution in [0.5, 0.6) is 5.75 Å². The largest absolute Gasteiger partial charge is 0.495 e. The number of ether oxygens (including phenoxy) is 2. The van der Waals surface area contributed by atoms with Crippen LogP contribution in [0.3, 0.4) is 0 Å². The Labute approximate surface area is 197 Å². The van der Waals surface area contributed by atoms with Gasteiger partial charge in [0.2, 0.25) is 5.91 Å². The lowest BCUT2D eigenvalue weighted by atomic mass is 10.2. The molecule has 0 aromatic heterocycles. The summed E-state index contributed by atoms with van der Waals surface area (Å²) in [5, 5.41) is 5.09. The summed E-state index contributed by atoms with van der Waals surface area (Å²) in [7, 11) is 1.41. The van der Waals surface area contributed by atoms with Crippen molar-refractivity contribution in [2.45, 2.75) is 25.4 Å². The fraction of sp³-hybridized carbons (Fsp3) is 0.286. The fourth-order valence-electron chi connectivity index (χ4n) is 2.59. The average Bonchev–Trinajstić information content (AvgIpc) is 2.73. The number of alkyl halides is 3. The fourth-order valence-corrected chi connectivity index (χ4v) is 2.92. The molecule has 0 saturated carbocycles. The van der Waals surface area contributed by atoms with E-state index in [1.165, 1.54) is 13.2 Å². The molecule has 2 aromatic carbocycles. The number of carbonyl (C=O) groups excluding carboxylic acids is 3. The molecule has 0 radical (unpaired) electrons. The van der Waals surface area contributed by atoms with E-state index >= 15 is 0 Å². The smallest absolute Gasteiger partial charge is 0.416 e. The Morgan fingerprint density at radius 1 is 0.939 bits per heavy atom. The van der Waals surface area contributed by atoms with Crippen molar-refractivity contribution in [3.8, 4) is 5.75 Å². The summed E-state index contributed by atoms with van der Waals surface area (Å²) in [6.07, 6.45) is -4.89. The third-order valence-corrected chi connectivity index (χ3v) is 4.72. The number of anilines is 2. The molecule has 0 bridgehead atoms. The first-order chi connectivity index (χ1) is 15.5. The first-order valence-corrected chi connectivity index (χ1v) is 10.2. The second-order valence-corrected chi connectivity index (χ2v) is 7.49. The number of carbonyl (C=O) groups is 3. The second-order valence-electron chi connectivity index (χ2n) is 6.65. The van der Waals surface area contributed by atoms with Gasteiger partial charge in [-0.1, -0.05) is 23.2 Å². The van der Waals surface area contributed by atoms with Gasteiger partial charge in [0.05, 0.1) is 29.1 Å². The molecule has 2 amide bonds. The lowest BCUT2D eigenvalue weighted by Gasteiger charge is -2.12. The van der Waals surface area contributed by atoms with Crippen LogP contribution >= 0.6 is 23.2 Å². The number of esters is 1. The zero-order valence-corrected chi connectivity index (χ0v) is 18.7. The van der Waals surface area contributed by atoms with Crippen molar-refractivity contribution in [3.05, 3.63) is 52.0 Å². The molecule has 12 heteroatoms. The summed E-state index contributed by atoms with van der Waals surface area (Å²) in [5.74, 6) is -1.62. The number of benzene rings is 2. The maximum absolute atomic E-state index is 12.8. The van der Waals surface area contributed by atoms with Crippen LogP contribution in [0, 0.1) is 0 Å². The van der Waals surface area contributed by atoms with Gasteiger partial charge in [-0.2, -0.15) is 13.2 Å². The highest BCUT2D eigenvalue weighted by Crippen LogP contribution is 2.34. The van der Waals surface area contributed by atoms with E-state index in [9.17, 15) is 27.6 Å². The van der Waals surface area contributed by atoms with Crippen molar-refractivity contribution in [2.75, 3.05) is 24.4 Å². The highest BCUT2D eigenvalue weighted by Gasteiger charge is 2.31. The van der Waals surface area contributed by atoms with Crippen LogP contribution < -0.4 is 15.4 Å². The van der Waals surface area contributed by atoms with Gasteiger partial charge in [0.25, 0.3) is 5.91 Å². The minimum Gasteiger partial charge on any atom is -0.495 e. The van der Waals surface area contributed by atoms with E-state index in [-0.39, 0.29) is 30.0 Å². The number of rotatable bonds is 9. The summed E-state index contributed by atoms with van der Waals surface area (Å²) < 4.78 is 48.3. The number of methoxy groups -OCH3 is 1. The predicted molar refractivity (Wildman–Crippen MR) is 117 cm³/mol. The minimum atomic E-state index is -4.59. The molecular formula is C21H19Cl2F3N2O5. The molecule has 178 valence electrons. The van der Waals surface area contributed by atoms with Crippen LogP contribution in [-0.2, 0) is 25.3 Å². The molecule has 0 fully saturated rings. The summed E-state index contributed by atoms with van der Waals surface area (Å²) in [6, 6.07) is 7.15. The molecule has 0 atom stereocenters. The summed E-state index contributed by atoms with van der Waals surface area (Å²) in [5.41, 5.74) is -0.845. The molecule has 0 aliphatic carbocycles. The SMILES string of the molecule is COc1ccc(Cl)cc1NC(=O)COC(=O)CCCC(=O)Nc1cc(C(F)(F)F)ccc1Cl. The Morgan fingerprint density at radius 2 is 1.64 bits per heavy atom. The monoisotopic (exact) mass is 506 g/mol. The van der Waals surface area contributed by atoms with Crippen molar-refractivity contribution in [1.82, 2.24) is 0 Å². The van der Waals surface area contributed by atoms with Crippen LogP contribution in [0.2, 0.25) is 10.0 Å². The number of hydrogen-bond donors (Lipinski definition) is 2. The molecule has 0 spiro atoms. The van der Waals surface area contributed by atoms with Crippen molar-refractivity contribution in [1.29, 1.82) is 0 Å². The Bertz CT molecular complexity index is 1030. The average molecular weight is 507 g/mol. The van der Waals surface area contributed by atoms with Gasteiger partial charge in [-0.3, -0.25) is 14.4 Å². The maximum atomic E-state index is 12.8.